The molecule has 18 heavy (non-hydrogen) atoms. The SMILES string of the molecule is Cc1c(N)cnc(NCC(C)(C)CCCO)c1Br. The third-order valence-corrected chi connectivity index (χ3v) is 4.02. The third kappa shape index (κ3) is 4.14. The lowest BCUT2D eigenvalue weighted by Gasteiger charge is -2.25. The zero-order chi connectivity index (χ0) is 13.8. The highest BCUT2D eigenvalue weighted by Crippen LogP contribution is 2.29. The van der Waals surface area contributed by atoms with Crippen molar-refractivity contribution in [3.8, 4) is 0 Å². The molecular weight excluding hydrogens is 294 g/mol. The van der Waals surface area contributed by atoms with E-state index < -0.39 is 0 Å². The number of nitrogens with one attached hydrogen (secondary N) is 1. The summed E-state index contributed by atoms with van der Waals surface area (Å²) in [5.41, 5.74) is 7.60. The van der Waals surface area contributed by atoms with E-state index in [0.29, 0.717) is 5.69 Å². The summed E-state index contributed by atoms with van der Waals surface area (Å²) in [6, 6.07) is 0. The van der Waals surface area contributed by atoms with E-state index in [1.165, 1.54) is 0 Å². The van der Waals surface area contributed by atoms with E-state index in [1.54, 1.807) is 6.20 Å². The van der Waals surface area contributed by atoms with Gasteiger partial charge in [-0.3, -0.25) is 0 Å². The second-order valence-corrected chi connectivity index (χ2v) is 6.14. The number of hydrogen-bond acceptors (Lipinski definition) is 4. The van der Waals surface area contributed by atoms with Gasteiger partial charge in [0.2, 0.25) is 0 Å². The number of halogens is 1. The maximum atomic E-state index is 8.87. The fourth-order valence-electron chi connectivity index (χ4n) is 1.68. The summed E-state index contributed by atoms with van der Waals surface area (Å²) in [6.45, 7) is 7.36. The normalized spacial score (nSPS) is 11.6. The predicted octanol–water partition coefficient (Wildman–Crippen LogP) is 2.95. The number of aromatic nitrogens is 1. The van der Waals surface area contributed by atoms with Crippen molar-refractivity contribution in [3.63, 3.8) is 0 Å². The third-order valence-electron chi connectivity index (χ3n) is 3.05. The van der Waals surface area contributed by atoms with Gasteiger partial charge in [0, 0.05) is 13.2 Å². The van der Waals surface area contributed by atoms with Crippen LogP contribution in [0, 0.1) is 12.3 Å². The molecule has 0 aromatic carbocycles. The Balaban J connectivity index is 2.66. The quantitative estimate of drug-likeness (QED) is 0.754. The lowest BCUT2D eigenvalue weighted by atomic mass is 9.88. The minimum Gasteiger partial charge on any atom is -0.397 e. The largest absolute Gasteiger partial charge is 0.397 e. The van der Waals surface area contributed by atoms with Crippen molar-refractivity contribution in [2.24, 2.45) is 5.41 Å². The fourth-order valence-corrected chi connectivity index (χ4v) is 2.16. The molecule has 0 aliphatic carbocycles. The Kier molecular flexibility index (Phi) is 5.41. The number of nitrogens with two attached hydrogens (primary N) is 1. The van der Waals surface area contributed by atoms with Crippen LogP contribution >= 0.6 is 15.9 Å². The van der Waals surface area contributed by atoms with Crippen LogP contribution in [0.25, 0.3) is 0 Å². The lowest BCUT2D eigenvalue weighted by Crippen LogP contribution is -2.24. The van der Waals surface area contributed by atoms with Gasteiger partial charge in [0.15, 0.2) is 0 Å². The topological polar surface area (TPSA) is 71.2 Å². The molecule has 4 N–H and O–H groups in total. The summed E-state index contributed by atoms with van der Waals surface area (Å²) in [4.78, 5) is 4.29. The van der Waals surface area contributed by atoms with Crippen LogP contribution in [0.2, 0.25) is 0 Å². The van der Waals surface area contributed by atoms with E-state index in [1.807, 2.05) is 6.92 Å². The van der Waals surface area contributed by atoms with Crippen LogP contribution in [0.15, 0.2) is 10.7 Å². The van der Waals surface area contributed by atoms with Crippen LogP contribution < -0.4 is 11.1 Å². The van der Waals surface area contributed by atoms with Gasteiger partial charge in [-0.25, -0.2) is 4.98 Å². The summed E-state index contributed by atoms with van der Waals surface area (Å²) >= 11 is 3.51. The van der Waals surface area contributed by atoms with Gasteiger partial charge in [-0.1, -0.05) is 13.8 Å². The fraction of sp³-hybridized carbons (Fsp3) is 0.615. The standard InChI is InChI=1S/C13H22BrN3O/c1-9-10(15)7-16-12(11(9)14)17-8-13(2,3)5-4-6-18/h7,18H,4-6,8,15H2,1-3H3,(H,16,17). The Labute approximate surface area is 117 Å². The van der Waals surface area contributed by atoms with E-state index in [-0.39, 0.29) is 12.0 Å². The number of pyridine rings is 1. The van der Waals surface area contributed by atoms with Gasteiger partial charge in [0.05, 0.1) is 16.4 Å². The van der Waals surface area contributed by atoms with Gasteiger partial charge in [0.1, 0.15) is 5.82 Å². The Bertz CT molecular complexity index is 407. The first-order valence-electron chi connectivity index (χ1n) is 6.13. The highest BCUT2D eigenvalue weighted by Gasteiger charge is 2.18. The molecule has 102 valence electrons. The summed E-state index contributed by atoms with van der Waals surface area (Å²) in [5.74, 6) is 0.818. The van der Waals surface area contributed by atoms with Crippen molar-refractivity contribution in [1.82, 2.24) is 4.98 Å². The number of nitrogen functional groups attached to an aromatic ring is 1. The molecule has 0 amide bonds. The molecule has 0 atom stereocenters. The monoisotopic (exact) mass is 315 g/mol. The van der Waals surface area contributed by atoms with Crippen LogP contribution in [-0.2, 0) is 0 Å². The zero-order valence-electron chi connectivity index (χ0n) is 11.3. The highest BCUT2D eigenvalue weighted by atomic mass is 79.9. The summed E-state index contributed by atoms with van der Waals surface area (Å²) in [6.07, 6.45) is 3.47. The second kappa shape index (κ2) is 6.38. The molecule has 0 saturated heterocycles. The Morgan fingerprint density at radius 2 is 2.17 bits per heavy atom. The van der Waals surface area contributed by atoms with Gasteiger partial charge < -0.3 is 16.2 Å². The number of nitrogens with zero attached hydrogens (tertiary/aromatic N) is 1. The van der Waals surface area contributed by atoms with E-state index in [4.69, 9.17) is 10.8 Å². The number of aliphatic hydroxyl groups excluding tert-OH is 1. The van der Waals surface area contributed by atoms with Crippen molar-refractivity contribution in [1.29, 1.82) is 0 Å². The lowest BCUT2D eigenvalue weighted by molar-refractivity contribution is 0.248. The number of anilines is 2. The average molecular weight is 316 g/mol. The minimum atomic E-state index is 0.124. The van der Waals surface area contributed by atoms with Crippen LogP contribution in [-0.4, -0.2) is 23.2 Å². The van der Waals surface area contributed by atoms with Gasteiger partial charge in [0.25, 0.3) is 0 Å². The average Bonchev–Trinajstić information content (AvgIpc) is 2.33. The molecule has 0 radical (unpaired) electrons. The van der Waals surface area contributed by atoms with Crippen molar-refractivity contribution >= 4 is 27.4 Å². The highest BCUT2D eigenvalue weighted by molar-refractivity contribution is 9.10. The Morgan fingerprint density at radius 1 is 1.50 bits per heavy atom. The van der Waals surface area contributed by atoms with Crippen molar-refractivity contribution in [2.75, 3.05) is 24.2 Å². The van der Waals surface area contributed by atoms with E-state index in [0.717, 1.165) is 35.2 Å². The number of hydrogen-bond donors (Lipinski definition) is 3. The van der Waals surface area contributed by atoms with Crippen LogP contribution in [0.1, 0.15) is 32.3 Å². The van der Waals surface area contributed by atoms with Gasteiger partial charge >= 0.3 is 0 Å². The van der Waals surface area contributed by atoms with Gasteiger partial charge in [-0.2, -0.15) is 0 Å². The first-order valence-corrected chi connectivity index (χ1v) is 6.92. The van der Waals surface area contributed by atoms with Crippen LogP contribution in [0.3, 0.4) is 0 Å². The smallest absolute Gasteiger partial charge is 0.140 e. The minimum absolute atomic E-state index is 0.124. The molecule has 1 heterocycles. The van der Waals surface area contributed by atoms with E-state index >= 15 is 0 Å². The molecule has 0 aliphatic rings. The number of rotatable bonds is 6. The molecule has 4 nitrogen and oxygen atoms in total. The molecule has 0 fully saturated rings. The molecule has 0 bridgehead atoms. The molecular formula is C13H22BrN3O. The first-order chi connectivity index (χ1) is 8.37. The van der Waals surface area contributed by atoms with Crippen molar-refractivity contribution in [3.05, 3.63) is 16.2 Å². The number of aliphatic hydroxyl groups is 1. The summed E-state index contributed by atoms with van der Waals surface area (Å²) in [5, 5.41) is 12.2. The Morgan fingerprint density at radius 3 is 2.78 bits per heavy atom. The first kappa shape index (κ1) is 15.2. The zero-order valence-corrected chi connectivity index (χ0v) is 12.8. The van der Waals surface area contributed by atoms with Gasteiger partial charge in [-0.15, -0.1) is 0 Å². The predicted molar refractivity (Wildman–Crippen MR) is 79.7 cm³/mol. The molecule has 1 rings (SSSR count). The second-order valence-electron chi connectivity index (χ2n) is 5.35. The van der Waals surface area contributed by atoms with Gasteiger partial charge in [-0.05, 0) is 46.7 Å². The Hall–Kier alpha value is -0.810. The van der Waals surface area contributed by atoms with Crippen LogP contribution in [0.5, 0.6) is 0 Å². The molecule has 0 unspecified atom stereocenters. The molecule has 0 saturated carbocycles. The molecule has 1 aromatic rings. The molecule has 5 heteroatoms. The molecule has 1 aromatic heterocycles. The van der Waals surface area contributed by atoms with Crippen molar-refractivity contribution < 1.29 is 5.11 Å². The maximum Gasteiger partial charge on any atom is 0.140 e. The summed E-state index contributed by atoms with van der Waals surface area (Å²) in [7, 11) is 0. The molecule has 0 aliphatic heterocycles. The summed E-state index contributed by atoms with van der Waals surface area (Å²) < 4.78 is 0.917. The van der Waals surface area contributed by atoms with Crippen molar-refractivity contribution in [2.45, 2.75) is 33.6 Å². The van der Waals surface area contributed by atoms with E-state index in [2.05, 4.69) is 40.1 Å². The molecule has 0 spiro atoms. The maximum absolute atomic E-state index is 8.87. The van der Waals surface area contributed by atoms with Crippen LogP contribution in [0.4, 0.5) is 11.5 Å². The van der Waals surface area contributed by atoms with E-state index in [9.17, 15) is 0 Å².